The maximum Gasteiger partial charge on any atom is 0.232 e. The van der Waals surface area contributed by atoms with Crippen LogP contribution < -0.4 is 0 Å². The van der Waals surface area contributed by atoms with Crippen LogP contribution in [0.3, 0.4) is 0 Å². The second-order valence-electron chi connectivity index (χ2n) is 9.89. The Hall–Kier alpha value is -4.61. The summed E-state index contributed by atoms with van der Waals surface area (Å²) in [5.41, 5.74) is 2.06. The summed E-state index contributed by atoms with van der Waals surface area (Å²) in [6.07, 6.45) is 0.571. The second-order valence-corrected chi connectivity index (χ2v) is 9.89. The van der Waals surface area contributed by atoms with E-state index in [2.05, 4.69) is 6.58 Å². The molecule has 0 aromatic heterocycles. The number of carbonyl (C=O) groups is 3. The van der Waals surface area contributed by atoms with Crippen molar-refractivity contribution < 1.29 is 23.6 Å². The van der Waals surface area contributed by atoms with Gasteiger partial charge in [0.25, 0.3) is 0 Å². The molecular weight excluding hydrogens is 486 g/mol. The van der Waals surface area contributed by atoms with Gasteiger partial charge in [-0.3, -0.25) is 14.4 Å². The third-order valence-corrected chi connectivity index (χ3v) is 7.13. The second kappa shape index (κ2) is 11.8. The fraction of sp³-hybridized carbons (Fsp3) is 0.147. The van der Waals surface area contributed by atoms with Crippen LogP contribution in [0, 0.1) is 0 Å². The minimum Gasteiger partial charge on any atom is -0.485 e. The molecule has 5 heteroatoms. The molecule has 5 nitrogen and oxygen atoms in total. The van der Waals surface area contributed by atoms with Crippen LogP contribution in [0.15, 0.2) is 128 Å². The van der Waals surface area contributed by atoms with E-state index in [-0.39, 0.29) is 28.4 Å². The van der Waals surface area contributed by atoms with E-state index in [1.54, 1.807) is 24.3 Å². The zero-order chi connectivity index (χ0) is 27.9. The highest BCUT2D eigenvalue weighted by Crippen LogP contribution is 2.42. The number of hydrogen-bond acceptors (Lipinski definition) is 4. The number of ether oxygens (including phenoxy) is 1. The predicted molar refractivity (Wildman–Crippen MR) is 152 cm³/mol. The summed E-state index contributed by atoms with van der Waals surface area (Å²) in [4.78, 5) is 38.9. The molecule has 0 aliphatic heterocycles. The van der Waals surface area contributed by atoms with Gasteiger partial charge in [-0.2, -0.15) is 0 Å². The number of Topliss-reactive ketones (excluding diaryl/α,β-unsaturated/α-hetero) is 1. The van der Waals surface area contributed by atoms with Crippen molar-refractivity contribution in [3.05, 3.63) is 155 Å². The monoisotopic (exact) mass is 518 g/mol. The first-order valence-corrected chi connectivity index (χ1v) is 12.8. The van der Waals surface area contributed by atoms with Gasteiger partial charge in [0, 0.05) is 27.8 Å². The summed E-state index contributed by atoms with van der Waals surface area (Å²) >= 11 is 0. The molecule has 4 aromatic carbocycles. The van der Waals surface area contributed by atoms with E-state index < -0.39 is 5.54 Å². The van der Waals surface area contributed by atoms with Crippen LogP contribution in [0.2, 0.25) is 0 Å². The lowest BCUT2D eigenvalue weighted by Gasteiger charge is -2.48. The molecular formula is C34H32NO4+. The Kier molecular flexibility index (Phi) is 8.33. The van der Waals surface area contributed by atoms with Crippen molar-refractivity contribution in [2.75, 3.05) is 27.2 Å². The molecule has 0 heterocycles. The van der Waals surface area contributed by atoms with Crippen LogP contribution in [0.25, 0.3) is 0 Å². The van der Waals surface area contributed by atoms with E-state index in [0.29, 0.717) is 29.5 Å². The Balaban J connectivity index is 1.89. The molecule has 0 fully saturated rings. The number of carbonyl (C=O) groups excluding carboxylic acids is 3. The molecule has 196 valence electrons. The Morgan fingerprint density at radius 3 is 1.72 bits per heavy atom. The van der Waals surface area contributed by atoms with Crippen molar-refractivity contribution in [2.45, 2.75) is 5.54 Å². The van der Waals surface area contributed by atoms with Crippen molar-refractivity contribution in [3.8, 4) is 0 Å². The number of quaternary nitrogens is 1. The van der Waals surface area contributed by atoms with E-state index in [0.717, 1.165) is 11.1 Å². The Morgan fingerprint density at radius 2 is 1.18 bits per heavy atom. The third-order valence-electron chi connectivity index (χ3n) is 7.13. The van der Waals surface area contributed by atoms with Crippen molar-refractivity contribution in [2.24, 2.45) is 0 Å². The Morgan fingerprint density at radius 1 is 0.718 bits per heavy atom. The van der Waals surface area contributed by atoms with Crippen LogP contribution in [0.5, 0.6) is 0 Å². The molecule has 0 spiro atoms. The average molecular weight is 519 g/mol. The van der Waals surface area contributed by atoms with Crippen molar-refractivity contribution >= 4 is 17.9 Å². The first kappa shape index (κ1) is 27.4. The van der Waals surface area contributed by atoms with Crippen LogP contribution in [0.1, 0.15) is 37.4 Å². The normalized spacial score (nSPS) is 12.7. The number of likely N-dealkylation sites (N-methyl/N-ethyl adjacent to an activating group) is 1. The summed E-state index contributed by atoms with van der Waals surface area (Å²) < 4.78 is 5.73. The Bertz CT molecular complexity index is 1450. The van der Waals surface area contributed by atoms with Crippen LogP contribution in [0.4, 0.5) is 0 Å². The molecule has 0 saturated heterocycles. The molecule has 1 unspecified atom stereocenters. The number of ketones is 2. The summed E-state index contributed by atoms with van der Waals surface area (Å²) in [5, 5.41) is 0. The van der Waals surface area contributed by atoms with Gasteiger partial charge >= 0.3 is 0 Å². The number of hydrogen-bond donors (Lipinski definition) is 0. The van der Waals surface area contributed by atoms with E-state index in [1.807, 2.05) is 105 Å². The third kappa shape index (κ3) is 5.49. The van der Waals surface area contributed by atoms with Gasteiger partial charge in [0.15, 0.2) is 17.8 Å². The maximum absolute atomic E-state index is 14.7. The standard InChI is InChI=1S/C34H32NO4/c1-26(25-36)39-24-23-35(2,3)34(30-17-11-6-12-18-30,33(38)29-15-9-5-10-16-29)31-21-19-28(20-22-31)32(37)27-13-7-4-8-14-27/h4-22,25H,1,23-24H2,2-3H3/q+1. The summed E-state index contributed by atoms with van der Waals surface area (Å²) in [6.45, 7) is 4.19. The summed E-state index contributed by atoms with van der Waals surface area (Å²) in [5.74, 6) is -0.134. The molecule has 0 aliphatic rings. The lowest BCUT2D eigenvalue weighted by molar-refractivity contribution is -0.932. The summed E-state index contributed by atoms with van der Waals surface area (Å²) in [6, 6.07) is 35.3. The average Bonchev–Trinajstić information content (AvgIpc) is 2.98. The van der Waals surface area contributed by atoms with Crippen LogP contribution in [-0.2, 0) is 15.1 Å². The molecule has 0 amide bonds. The fourth-order valence-corrected chi connectivity index (χ4v) is 5.11. The van der Waals surface area contributed by atoms with Gasteiger partial charge in [0.2, 0.25) is 11.3 Å². The predicted octanol–water partition coefficient (Wildman–Crippen LogP) is 5.85. The largest absolute Gasteiger partial charge is 0.485 e. The molecule has 0 saturated carbocycles. The quantitative estimate of drug-likeness (QED) is 0.0776. The smallest absolute Gasteiger partial charge is 0.232 e. The van der Waals surface area contributed by atoms with E-state index in [9.17, 15) is 14.4 Å². The number of aldehydes is 1. The molecule has 1 atom stereocenters. The van der Waals surface area contributed by atoms with Crippen molar-refractivity contribution in [3.63, 3.8) is 0 Å². The molecule has 4 rings (SSSR count). The lowest BCUT2D eigenvalue weighted by Crippen LogP contribution is -2.63. The van der Waals surface area contributed by atoms with Gasteiger partial charge in [-0.15, -0.1) is 0 Å². The van der Waals surface area contributed by atoms with Gasteiger partial charge in [-0.05, 0) is 0 Å². The van der Waals surface area contributed by atoms with Gasteiger partial charge in [-0.25, -0.2) is 0 Å². The van der Waals surface area contributed by atoms with E-state index >= 15 is 0 Å². The lowest BCUT2D eigenvalue weighted by atomic mass is 9.74. The SMILES string of the molecule is C=C(C=O)OCC[N+](C)(C)C(C(=O)c1ccccc1)(c1ccccc1)c1ccc(C(=O)c2ccccc2)cc1. The number of allylic oxidation sites excluding steroid dienone is 1. The summed E-state index contributed by atoms with van der Waals surface area (Å²) in [7, 11) is 3.95. The Labute approximate surface area is 229 Å². The number of benzene rings is 4. The van der Waals surface area contributed by atoms with Crippen molar-refractivity contribution in [1.82, 2.24) is 0 Å². The molecule has 39 heavy (non-hydrogen) atoms. The highest BCUT2D eigenvalue weighted by atomic mass is 16.5. The zero-order valence-electron chi connectivity index (χ0n) is 22.2. The highest BCUT2D eigenvalue weighted by molar-refractivity contribution is 6.09. The molecule has 0 aliphatic carbocycles. The van der Waals surface area contributed by atoms with E-state index in [1.165, 1.54) is 0 Å². The van der Waals surface area contributed by atoms with Crippen LogP contribution >= 0.6 is 0 Å². The van der Waals surface area contributed by atoms with Gasteiger partial charge < -0.3 is 9.22 Å². The molecule has 0 N–H and O–H groups in total. The molecule has 0 bridgehead atoms. The topological polar surface area (TPSA) is 60.4 Å². The maximum atomic E-state index is 14.7. The molecule has 4 aromatic rings. The van der Waals surface area contributed by atoms with Gasteiger partial charge in [0.1, 0.15) is 13.2 Å². The van der Waals surface area contributed by atoms with E-state index in [4.69, 9.17) is 4.74 Å². The zero-order valence-corrected chi connectivity index (χ0v) is 22.2. The first-order valence-electron chi connectivity index (χ1n) is 12.8. The van der Waals surface area contributed by atoms with Gasteiger partial charge in [0.05, 0.1) is 14.1 Å². The minimum absolute atomic E-state index is 0.0403. The number of rotatable bonds is 12. The first-order chi connectivity index (χ1) is 18.8. The number of nitrogens with zero attached hydrogens (tertiary/aromatic N) is 1. The highest BCUT2D eigenvalue weighted by Gasteiger charge is 2.55. The molecule has 0 radical (unpaired) electrons. The fourth-order valence-electron chi connectivity index (χ4n) is 5.11. The van der Waals surface area contributed by atoms with Crippen molar-refractivity contribution in [1.29, 1.82) is 0 Å². The van der Waals surface area contributed by atoms with Gasteiger partial charge in [-0.1, -0.05) is 122 Å². The minimum atomic E-state index is -1.19. The van der Waals surface area contributed by atoms with Crippen LogP contribution in [-0.4, -0.2) is 49.6 Å².